The predicted octanol–water partition coefficient (Wildman–Crippen LogP) is -0.0483. The Hall–Kier alpha value is -0.170. The number of nitrogens with one attached hydrogen (secondary N) is 1. The third-order valence-electron chi connectivity index (χ3n) is 4.26. The maximum absolute atomic E-state index is 11.5. The van der Waals surface area contributed by atoms with E-state index in [4.69, 9.17) is 0 Å². The molecule has 0 radical (unpaired) electrons. The number of nitrogens with zero attached hydrogens (tertiary/aromatic N) is 2. The summed E-state index contributed by atoms with van der Waals surface area (Å²) in [6.45, 7) is 9.71. The maximum Gasteiger partial charge on any atom is 0.211 e. The van der Waals surface area contributed by atoms with Crippen LogP contribution in [-0.4, -0.2) is 69.2 Å². The fourth-order valence-corrected chi connectivity index (χ4v) is 4.01. The third-order valence-corrected chi connectivity index (χ3v) is 5.56. The number of sulfonamides is 1. The van der Waals surface area contributed by atoms with Crippen molar-refractivity contribution in [1.29, 1.82) is 0 Å². The van der Waals surface area contributed by atoms with Gasteiger partial charge in [-0.05, 0) is 18.4 Å². The van der Waals surface area contributed by atoms with Crippen molar-refractivity contribution in [3.05, 3.63) is 0 Å². The molecule has 0 amide bonds. The van der Waals surface area contributed by atoms with E-state index in [1.54, 1.807) is 4.31 Å². The summed E-state index contributed by atoms with van der Waals surface area (Å²) in [7, 11) is -3.01. The van der Waals surface area contributed by atoms with Crippen molar-refractivity contribution in [2.24, 2.45) is 5.41 Å². The van der Waals surface area contributed by atoms with E-state index in [0.717, 1.165) is 32.6 Å². The van der Waals surface area contributed by atoms with Crippen LogP contribution in [0, 0.1) is 5.41 Å². The summed E-state index contributed by atoms with van der Waals surface area (Å²) in [6.07, 6.45) is 2.46. The van der Waals surface area contributed by atoms with Crippen LogP contribution in [0.4, 0.5) is 0 Å². The van der Waals surface area contributed by atoms with E-state index in [1.807, 2.05) is 0 Å². The fraction of sp³-hybridized carbons (Fsp3) is 1.00. The predicted molar refractivity (Wildman–Crippen MR) is 73.0 cm³/mol. The van der Waals surface area contributed by atoms with Crippen molar-refractivity contribution >= 4 is 10.0 Å². The number of hydrogen-bond acceptors (Lipinski definition) is 4. The van der Waals surface area contributed by atoms with Gasteiger partial charge in [-0.1, -0.05) is 13.8 Å². The molecule has 0 aromatic heterocycles. The fourth-order valence-electron chi connectivity index (χ4n) is 3.18. The van der Waals surface area contributed by atoms with Gasteiger partial charge in [0.1, 0.15) is 0 Å². The summed E-state index contributed by atoms with van der Waals surface area (Å²) >= 11 is 0. The van der Waals surface area contributed by atoms with E-state index in [-0.39, 0.29) is 5.41 Å². The van der Waals surface area contributed by atoms with Crippen molar-refractivity contribution in [3.63, 3.8) is 0 Å². The van der Waals surface area contributed by atoms with Gasteiger partial charge in [-0.15, -0.1) is 0 Å². The Morgan fingerprint density at radius 3 is 2.28 bits per heavy atom. The smallest absolute Gasteiger partial charge is 0.211 e. The van der Waals surface area contributed by atoms with Gasteiger partial charge in [0.05, 0.1) is 6.26 Å². The van der Waals surface area contributed by atoms with Crippen molar-refractivity contribution < 1.29 is 8.42 Å². The van der Waals surface area contributed by atoms with Crippen molar-refractivity contribution in [1.82, 2.24) is 14.5 Å². The monoisotopic (exact) mass is 275 g/mol. The Labute approximate surface area is 111 Å². The summed E-state index contributed by atoms with van der Waals surface area (Å²) in [6, 6.07) is 0.570. The SMILES string of the molecule is CC1(C)CNCCC1N1CCN(S(C)(=O)=O)CC1. The zero-order chi connectivity index (χ0) is 13.4. The van der Waals surface area contributed by atoms with Gasteiger partial charge in [0, 0.05) is 38.8 Å². The lowest BCUT2D eigenvalue weighted by Gasteiger charge is -2.48. The highest BCUT2D eigenvalue weighted by Gasteiger charge is 2.38. The molecule has 0 spiro atoms. The van der Waals surface area contributed by atoms with Gasteiger partial charge >= 0.3 is 0 Å². The highest BCUT2D eigenvalue weighted by atomic mass is 32.2. The molecule has 2 rings (SSSR count). The first-order valence-electron chi connectivity index (χ1n) is 6.70. The molecule has 2 heterocycles. The van der Waals surface area contributed by atoms with Crippen molar-refractivity contribution in [2.45, 2.75) is 26.3 Å². The van der Waals surface area contributed by atoms with Gasteiger partial charge in [-0.2, -0.15) is 4.31 Å². The van der Waals surface area contributed by atoms with Gasteiger partial charge in [0.25, 0.3) is 0 Å². The first-order chi connectivity index (χ1) is 8.31. The second kappa shape index (κ2) is 5.07. The molecule has 1 unspecified atom stereocenters. The van der Waals surface area contributed by atoms with Crippen LogP contribution in [0.5, 0.6) is 0 Å². The molecule has 2 aliphatic heterocycles. The average molecular weight is 275 g/mol. The molecule has 1 N–H and O–H groups in total. The Morgan fingerprint density at radius 1 is 1.17 bits per heavy atom. The minimum atomic E-state index is -3.01. The van der Waals surface area contributed by atoms with E-state index < -0.39 is 10.0 Å². The molecule has 6 heteroatoms. The molecule has 1 atom stereocenters. The highest BCUT2D eigenvalue weighted by Crippen LogP contribution is 2.30. The standard InChI is InChI=1S/C12H25N3O2S/c1-12(2)10-13-5-4-11(12)14-6-8-15(9-7-14)18(3,16)17/h11,13H,4-10H2,1-3H3. The zero-order valence-electron chi connectivity index (χ0n) is 11.6. The van der Waals surface area contributed by atoms with Crippen LogP contribution in [0.25, 0.3) is 0 Å². The normalized spacial score (nSPS) is 31.4. The van der Waals surface area contributed by atoms with E-state index >= 15 is 0 Å². The Morgan fingerprint density at radius 2 is 1.78 bits per heavy atom. The largest absolute Gasteiger partial charge is 0.316 e. The molecule has 0 aromatic rings. The molecule has 0 bridgehead atoms. The molecule has 2 saturated heterocycles. The Balaban J connectivity index is 1.97. The minimum Gasteiger partial charge on any atom is -0.316 e. The van der Waals surface area contributed by atoms with Crippen LogP contribution < -0.4 is 5.32 Å². The number of piperidine rings is 1. The van der Waals surface area contributed by atoms with Crippen LogP contribution in [0.1, 0.15) is 20.3 Å². The maximum atomic E-state index is 11.5. The average Bonchev–Trinajstić information content (AvgIpc) is 2.27. The summed E-state index contributed by atoms with van der Waals surface area (Å²) in [5.74, 6) is 0. The quantitative estimate of drug-likeness (QED) is 0.768. The van der Waals surface area contributed by atoms with Gasteiger partial charge in [-0.25, -0.2) is 8.42 Å². The van der Waals surface area contributed by atoms with Crippen LogP contribution >= 0.6 is 0 Å². The first-order valence-corrected chi connectivity index (χ1v) is 8.55. The number of piperazine rings is 1. The molecule has 18 heavy (non-hydrogen) atoms. The highest BCUT2D eigenvalue weighted by molar-refractivity contribution is 7.88. The molecular formula is C12H25N3O2S. The molecule has 2 aliphatic rings. The van der Waals surface area contributed by atoms with Crippen molar-refractivity contribution in [2.75, 3.05) is 45.5 Å². The molecule has 5 nitrogen and oxygen atoms in total. The second-order valence-corrected chi connectivity index (χ2v) is 8.15. The molecule has 0 saturated carbocycles. The van der Waals surface area contributed by atoms with E-state index in [0.29, 0.717) is 19.1 Å². The van der Waals surface area contributed by atoms with Crippen LogP contribution in [0.15, 0.2) is 0 Å². The summed E-state index contributed by atoms with van der Waals surface area (Å²) in [5, 5.41) is 3.44. The number of hydrogen-bond donors (Lipinski definition) is 1. The van der Waals surface area contributed by atoms with Gasteiger partial charge in [-0.3, -0.25) is 4.90 Å². The number of rotatable bonds is 2. The van der Waals surface area contributed by atoms with Crippen molar-refractivity contribution in [3.8, 4) is 0 Å². The van der Waals surface area contributed by atoms with Gasteiger partial charge in [0.15, 0.2) is 0 Å². The Bertz CT molecular complexity index is 386. The lowest BCUT2D eigenvalue weighted by molar-refractivity contribution is 0.0372. The van der Waals surface area contributed by atoms with Crippen LogP contribution in [0.3, 0.4) is 0 Å². The molecule has 0 aromatic carbocycles. The molecular weight excluding hydrogens is 250 g/mol. The second-order valence-electron chi connectivity index (χ2n) is 6.17. The van der Waals surface area contributed by atoms with Gasteiger partial charge in [0.2, 0.25) is 10.0 Å². The Kier molecular flexibility index (Phi) is 4.02. The third kappa shape index (κ3) is 3.04. The summed E-state index contributed by atoms with van der Waals surface area (Å²) in [5.41, 5.74) is 0.269. The van der Waals surface area contributed by atoms with E-state index in [1.165, 1.54) is 6.26 Å². The van der Waals surface area contributed by atoms with Crippen LogP contribution in [0.2, 0.25) is 0 Å². The van der Waals surface area contributed by atoms with Gasteiger partial charge < -0.3 is 5.32 Å². The van der Waals surface area contributed by atoms with E-state index in [2.05, 4.69) is 24.1 Å². The van der Waals surface area contributed by atoms with E-state index in [9.17, 15) is 8.42 Å². The lowest BCUT2D eigenvalue weighted by atomic mass is 9.79. The molecule has 0 aliphatic carbocycles. The lowest BCUT2D eigenvalue weighted by Crippen LogP contribution is -2.59. The topological polar surface area (TPSA) is 52.6 Å². The minimum absolute atomic E-state index is 0.269. The summed E-state index contributed by atoms with van der Waals surface area (Å²) in [4.78, 5) is 2.47. The molecule has 106 valence electrons. The first kappa shape index (κ1) is 14.2. The van der Waals surface area contributed by atoms with Crippen LogP contribution in [-0.2, 0) is 10.0 Å². The zero-order valence-corrected chi connectivity index (χ0v) is 12.5. The molecule has 2 fully saturated rings. The summed E-state index contributed by atoms with van der Waals surface area (Å²) < 4.78 is 24.6.